The summed E-state index contributed by atoms with van der Waals surface area (Å²) in [5.41, 5.74) is -0.0318. The number of hydrogen-bond acceptors (Lipinski definition) is 8. The summed E-state index contributed by atoms with van der Waals surface area (Å²) in [6, 6.07) is 10.5. The highest BCUT2D eigenvalue weighted by molar-refractivity contribution is 6.03. The van der Waals surface area contributed by atoms with Gasteiger partial charge in [0.05, 0.1) is 12.0 Å². The number of carbonyl (C=O) groups excluding carboxylic acids is 3. The van der Waals surface area contributed by atoms with E-state index in [4.69, 9.17) is 9.47 Å². The largest absolute Gasteiger partial charge is 0.504 e. The van der Waals surface area contributed by atoms with E-state index in [1.54, 1.807) is 39.0 Å². The average Bonchev–Trinajstić information content (AvgIpc) is 2.83. The van der Waals surface area contributed by atoms with Crippen LogP contribution in [0.3, 0.4) is 0 Å². The molecule has 3 N–H and O–H groups in total. The Hall–Kier alpha value is -4.14. The molecule has 0 aliphatic rings. The molecule has 0 fully saturated rings. The number of hydrogen-bond donors (Lipinski definition) is 3. The van der Waals surface area contributed by atoms with Crippen molar-refractivity contribution in [3.8, 4) is 17.2 Å². The van der Waals surface area contributed by atoms with Gasteiger partial charge in [-0.1, -0.05) is 31.5 Å². The number of fused-ring (bicyclic) bond motifs is 1. The van der Waals surface area contributed by atoms with Crippen LogP contribution in [0.25, 0.3) is 10.9 Å². The maximum absolute atomic E-state index is 12.8. The van der Waals surface area contributed by atoms with Gasteiger partial charge in [0.2, 0.25) is 0 Å². The molecule has 0 unspecified atom stereocenters. The molecule has 0 radical (unpaired) electrons. The smallest absolute Gasteiger partial charge is 0.342 e. The van der Waals surface area contributed by atoms with Crippen LogP contribution in [0.1, 0.15) is 66.9 Å². The number of unbranched alkanes of at least 4 members (excludes halogenated alkanes) is 1. The lowest BCUT2D eigenvalue weighted by Crippen LogP contribution is -2.27. The van der Waals surface area contributed by atoms with E-state index in [-0.39, 0.29) is 47.2 Å². The summed E-state index contributed by atoms with van der Waals surface area (Å²) < 4.78 is 11.0. The third-order valence-electron chi connectivity index (χ3n) is 5.30. The fraction of sp³-hybridized carbons (Fsp3) is 0.333. The van der Waals surface area contributed by atoms with Crippen molar-refractivity contribution >= 4 is 28.7 Å². The third-order valence-corrected chi connectivity index (χ3v) is 5.30. The van der Waals surface area contributed by atoms with Crippen LogP contribution in [-0.4, -0.2) is 39.6 Å². The lowest BCUT2D eigenvalue weighted by molar-refractivity contribution is -0.142. The molecule has 1 heterocycles. The first-order chi connectivity index (χ1) is 17.0. The molecule has 0 spiro atoms. The van der Waals surface area contributed by atoms with Crippen molar-refractivity contribution in [1.82, 2.24) is 10.3 Å². The molecule has 0 saturated carbocycles. The number of rotatable bonds is 8. The first kappa shape index (κ1) is 26.5. The monoisotopic (exact) mass is 494 g/mol. The van der Waals surface area contributed by atoms with Crippen molar-refractivity contribution < 1.29 is 34.1 Å². The molecule has 0 saturated heterocycles. The quantitative estimate of drug-likeness (QED) is 0.180. The SMILES string of the molecule is CCCCOC(=O)c1ccc2ccc(C(=O)NCc3ccc(O)c(O)c3)nc2c1OC(=O)C(C)(C)C. The van der Waals surface area contributed by atoms with E-state index in [1.807, 2.05) is 6.92 Å². The number of aromatic nitrogens is 1. The molecule has 1 aromatic heterocycles. The molecule has 9 heteroatoms. The van der Waals surface area contributed by atoms with E-state index in [2.05, 4.69) is 10.3 Å². The Labute approximate surface area is 209 Å². The zero-order valence-corrected chi connectivity index (χ0v) is 20.8. The van der Waals surface area contributed by atoms with Gasteiger partial charge < -0.3 is 25.0 Å². The summed E-state index contributed by atoms with van der Waals surface area (Å²) in [6.07, 6.45) is 1.54. The maximum Gasteiger partial charge on any atom is 0.342 e. The molecule has 9 nitrogen and oxygen atoms in total. The van der Waals surface area contributed by atoms with Crippen LogP contribution in [-0.2, 0) is 16.1 Å². The van der Waals surface area contributed by atoms with Crippen LogP contribution < -0.4 is 10.1 Å². The molecule has 3 aromatic rings. The van der Waals surface area contributed by atoms with Crippen LogP contribution in [0, 0.1) is 5.41 Å². The fourth-order valence-electron chi connectivity index (χ4n) is 3.14. The Morgan fingerprint density at radius 2 is 1.72 bits per heavy atom. The van der Waals surface area contributed by atoms with Gasteiger partial charge in [-0.15, -0.1) is 0 Å². The Morgan fingerprint density at radius 1 is 1.00 bits per heavy atom. The lowest BCUT2D eigenvalue weighted by Gasteiger charge is -2.19. The molecule has 0 aliphatic heterocycles. The second-order valence-corrected chi connectivity index (χ2v) is 9.35. The normalized spacial score (nSPS) is 11.2. The number of esters is 2. The van der Waals surface area contributed by atoms with Gasteiger partial charge >= 0.3 is 11.9 Å². The molecule has 190 valence electrons. The van der Waals surface area contributed by atoms with E-state index in [9.17, 15) is 24.6 Å². The van der Waals surface area contributed by atoms with Crippen molar-refractivity contribution in [3.05, 3.63) is 59.3 Å². The number of nitrogens with one attached hydrogen (secondary N) is 1. The Balaban J connectivity index is 1.96. The molecule has 2 aromatic carbocycles. The minimum atomic E-state index is -0.851. The van der Waals surface area contributed by atoms with Crippen molar-refractivity contribution in [3.63, 3.8) is 0 Å². The van der Waals surface area contributed by atoms with Gasteiger partial charge in [0.15, 0.2) is 17.2 Å². The van der Waals surface area contributed by atoms with Crippen LogP contribution in [0.2, 0.25) is 0 Å². The number of carbonyl (C=O) groups is 3. The Morgan fingerprint density at radius 3 is 2.39 bits per heavy atom. The molecule has 1 amide bonds. The Bertz CT molecular complexity index is 1300. The van der Waals surface area contributed by atoms with Crippen LogP contribution in [0.4, 0.5) is 0 Å². The average molecular weight is 495 g/mol. The fourth-order valence-corrected chi connectivity index (χ4v) is 3.14. The summed E-state index contributed by atoms with van der Waals surface area (Å²) in [4.78, 5) is 42.7. The van der Waals surface area contributed by atoms with E-state index < -0.39 is 23.3 Å². The van der Waals surface area contributed by atoms with Crippen molar-refractivity contribution in [2.75, 3.05) is 6.61 Å². The molecule has 0 bridgehead atoms. The van der Waals surface area contributed by atoms with E-state index >= 15 is 0 Å². The summed E-state index contributed by atoms with van der Waals surface area (Å²) in [5.74, 6) is -2.36. The van der Waals surface area contributed by atoms with E-state index in [1.165, 1.54) is 24.3 Å². The predicted molar refractivity (Wildman–Crippen MR) is 133 cm³/mol. The first-order valence-corrected chi connectivity index (χ1v) is 11.6. The highest BCUT2D eigenvalue weighted by Gasteiger charge is 2.28. The van der Waals surface area contributed by atoms with Gasteiger partial charge in [-0.2, -0.15) is 0 Å². The Kier molecular flexibility index (Phi) is 8.14. The second-order valence-electron chi connectivity index (χ2n) is 9.35. The number of ether oxygens (including phenoxy) is 2. The van der Waals surface area contributed by atoms with Gasteiger partial charge in [0, 0.05) is 11.9 Å². The molecular formula is C27H30N2O7. The molecule has 36 heavy (non-hydrogen) atoms. The van der Waals surface area contributed by atoms with Gasteiger partial charge in [0.25, 0.3) is 5.91 Å². The van der Waals surface area contributed by atoms with Crippen LogP contribution in [0.15, 0.2) is 42.5 Å². The minimum Gasteiger partial charge on any atom is -0.504 e. The number of phenols is 2. The van der Waals surface area contributed by atoms with Crippen LogP contribution in [0.5, 0.6) is 17.2 Å². The topological polar surface area (TPSA) is 135 Å². The number of pyridine rings is 1. The highest BCUT2D eigenvalue weighted by atomic mass is 16.5. The number of benzene rings is 2. The van der Waals surface area contributed by atoms with Gasteiger partial charge in [-0.05, 0) is 57.0 Å². The summed E-state index contributed by atoms with van der Waals surface area (Å²) in [5, 5.41) is 22.3. The maximum atomic E-state index is 12.8. The first-order valence-electron chi connectivity index (χ1n) is 11.6. The zero-order valence-electron chi connectivity index (χ0n) is 20.8. The van der Waals surface area contributed by atoms with Crippen LogP contribution >= 0.6 is 0 Å². The molecule has 0 aliphatic carbocycles. The van der Waals surface area contributed by atoms with E-state index in [0.717, 1.165) is 6.42 Å². The highest BCUT2D eigenvalue weighted by Crippen LogP contribution is 2.32. The number of nitrogens with zero attached hydrogens (tertiary/aromatic N) is 1. The molecular weight excluding hydrogens is 464 g/mol. The van der Waals surface area contributed by atoms with Gasteiger partial charge in [-0.3, -0.25) is 9.59 Å². The van der Waals surface area contributed by atoms with Crippen molar-refractivity contribution in [1.29, 1.82) is 0 Å². The number of amides is 1. The standard InChI is InChI=1S/C27H30N2O7/c1-5-6-13-35-25(33)18-10-8-17-9-11-19(29-22(17)23(18)36-26(34)27(2,3)4)24(32)28-15-16-7-12-20(30)21(31)14-16/h7-12,14,30-31H,5-6,13,15H2,1-4H3,(H,28,32). The third kappa shape index (κ3) is 6.29. The van der Waals surface area contributed by atoms with Crippen molar-refractivity contribution in [2.24, 2.45) is 5.41 Å². The molecule has 0 atom stereocenters. The summed E-state index contributed by atoms with van der Waals surface area (Å²) in [7, 11) is 0. The van der Waals surface area contributed by atoms with Gasteiger partial charge in [0.1, 0.15) is 16.8 Å². The van der Waals surface area contributed by atoms with E-state index in [0.29, 0.717) is 17.4 Å². The summed E-state index contributed by atoms with van der Waals surface area (Å²) in [6.45, 7) is 7.33. The zero-order chi connectivity index (χ0) is 26.5. The second kappa shape index (κ2) is 11.1. The number of phenolic OH excluding ortho intramolecular Hbond substituents is 2. The number of aromatic hydroxyl groups is 2. The lowest BCUT2D eigenvalue weighted by atomic mass is 9.97. The minimum absolute atomic E-state index is 0.0371. The summed E-state index contributed by atoms with van der Waals surface area (Å²) >= 11 is 0. The van der Waals surface area contributed by atoms with Crippen molar-refractivity contribution in [2.45, 2.75) is 47.1 Å². The molecule has 3 rings (SSSR count). The predicted octanol–water partition coefficient (Wildman–Crippen LogP) is 4.48. The van der Waals surface area contributed by atoms with Gasteiger partial charge in [-0.25, -0.2) is 9.78 Å².